The summed E-state index contributed by atoms with van der Waals surface area (Å²) in [6.45, 7) is 6.09. The molecule has 0 saturated carbocycles. The summed E-state index contributed by atoms with van der Waals surface area (Å²) in [5, 5.41) is 0. The molecule has 3 aliphatic heterocycles. The molecule has 25 heavy (non-hydrogen) atoms. The second kappa shape index (κ2) is 7.02. The number of likely N-dealkylation sites (tertiary alicyclic amines) is 1. The number of rotatable bonds is 3. The van der Waals surface area contributed by atoms with Gasteiger partial charge in [0.25, 0.3) is 0 Å². The van der Waals surface area contributed by atoms with Crippen LogP contribution in [0.1, 0.15) is 24.8 Å². The number of pyridine rings is 1. The minimum Gasteiger partial charge on any atom is -0.381 e. The molecule has 6 heteroatoms. The third kappa shape index (κ3) is 3.18. The number of nitrogens with zero attached hydrogens (tertiary/aromatic N) is 4. The van der Waals surface area contributed by atoms with E-state index < -0.39 is 0 Å². The van der Waals surface area contributed by atoms with Crippen molar-refractivity contribution in [2.75, 3.05) is 46.4 Å². The molecule has 3 aliphatic rings. The van der Waals surface area contributed by atoms with Crippen molar-refractivity contribution in [3.63, 3.8) is 0 Å². The molecule has 6 nitrogen and oxygen atoms in total. The molecular formula is C19H28N4O2. The van der Waals surface area contributed by atoms with Gasteiger partial charge in [-0.05, 0) is 30.9 Å². The molecule has 3 saturated heterocycles. The highest BCUT2D eigenvalue weighted by Crippen LogP contribution is 2.36. The lowest BCUT2D eigenvalue weighted by Gasteiger charge is -2.47. The van der Waals surface area contributed by atoms with Gasteiger partial charge in [0.2, 0.25) is 5.91 Å². The van der Waals surface area contributed by atoms with E-state index in [2.05, 4.69) is 20.9 Å². The van der Waals surface area contributed by atoms with Crippen molar-refractivity contribution >= 4 is 5.91 Å². The molecule has 136 valence electrons. The van der Waals surface area contributed by atoms with Crippen LogP contribution in [-0.4, -0.2) is 83.6 Å². The SMILES string of the molecule is CN1CCN(Cc2cccnc2)[C@@]2(CCN(C3CCOCC3)C2)C1=O. The lowest BCUT2D eigenvalue weighted by Crippen LogP contribution is -2.66. The summed E-state index contributed by atoms with van der Waals surface area (Å²) in [6.07, 6.45) is 6.82. The van der Waals surface area contributed by atoms with Gasteiger partial charge in [0.05, 0.1) is 0 Å². The number of hydrogen-bond donors (Lipinski definition) is 0. The van der Waals surface area contributed by atoms with E-state index in [-0.39, 0.29) is 11.4 Å². The molecular weight excluding hydrogens is 316 g/mol. The fraction of sp³-hybridized carbons (Fsp3) is 0.684. The Balaban J connectivity index is 1.55. The van der Waals surface area contributed by atoms with Gasteiger partial charge in [-0.15, -0.1) is 0 Å². The van der Waals surface area contributed by atoms with Crippen LogP contribution >= 0.6 is 0 Å². The van der Waals surface area contributed by atoms with E-state index in [9.17, 15) is 4.79 Å². The molecule has 0 aromatic carbocycles. The molecule has 0 aliphatic carbocycles. The number of ether oxygens (including phenoxy) is 1. The van der Waals surface area contributed by atoms with Gasteiger partial charge in [-0.1, -0.05) is 6.07 Å². The largest absolute Gasteiger partial charge is 0.381 e. The van der Waals surface area contributed by atoms with Crippen LogP contribution in [0.4, 0.5) is 0 Å². The maximum Gasteiger partial charge on any atom is 0.244 e. The molecule has 3 fully saturated rings. The van der Waals surface area contributed by atoms with E-state index >= 15 is 0 Å². The zero-order valence-corrected chi connectivity index (χ0v) is 15.1. The predicted octanol–water partition coefficient (Wildman–Crippen LogP) is 0.979. The fourth-order valence-corrected chi connectivity index (χ4v) is 4.64. The molecule has 0 N–H and O–H groups in total. The Morgan fingerprint density at radius 2 is 2.12 bits per heavy atom. The zero-order valence-electron chi connectivity index (χ0n) is 15.1. The van der Waals surface area contributed by atoms with Crippen LogP contribution in [0, 0.1) is 0 Å². The summed E-state index contributed by atoms with van der Waals surface area (Å²) < 4.78 is 5.52. The van der Waals surface area contributed by atoms with Crippen LogP contribution in [0.2, 0.25) is 0 Å². The van der Waals surface area contributed by atoms with Crippen molar-refractivity contribution in [1.29, 1.82) is 0 Å². The van der Waals surface area contributed by atoms with Gasteiger partial charge in [0, 0.05) is 71.4 Å². The van der Waals surface area contributed by atoms with E-state index in [4.69, 9.17) is 4.74 Å². The molecule has 1 aromatic heterocycles. The molecule has 1 amide bonds. The van der Waals surface area contributed by atoms with Crippen molar-refractivity contribution < 1.29 is 9.53 Å². The topological polar surface area (TPSA) is 48.9 Å². The predicted molar refractivity (Wildman–Crippen MR) is 95.0 cm³/mol. The van der Waals surface area contributed by atoms with Crippen LogP contribution < -0.4 is 0 Å². The van der Waals surface area contributed by atoms with Gasteiger partial charge in [0.1, 0.15) is 5.54 Å². The number of amides is 1. The first kappa shape index (κ1) is 16.9. The van der Waals surface area contributed by atoms with Crippen LogP contribution in [0.5, 0.6) is 0 Å². The fourth-order valence-electron chi connectivity index (χ4n) is 4.64. The van der Waals surface area contributed by atoms with Crippen LogP contribution in [0.15, 0.2) is 24.5 Å². The smallest absolute Gasteiger partial charge is 0.244 e. The van der Waals surface area contributed by atoms with Gasteiger partial charge >= 0.3 is 0 Å². The number of likely N-dealkylation sites (N-methyl/N-ethyl adjacent to an activating group) is 1. The van der Waals surface area contributed by atoms with Gasteiger partial charge in [0.15, 0.2) is 0 Å². The molecule has 4 heterocycles. The van der Waals surface area contributed by atoms with E-state index in [0.29, 0.717) is 6.04 Å². The normalized spacial score (nSPS) is 29.6. The Bertz CT molecular complexity index is 605. The Hall–Kier alpha value is -1.50. The van der Waals surface area contributed by atoms with Gasteiger partial charge < -0.3 is 9.64 Å². The summed E-state index contributed by atoms with van der Waals surface area (Å²) in [7, 11) is 1.95. The number of carbonyl (C=O) groups is 1. The highest BCUT2D eigenvalue weighted by Gasteiger charge is 2.53. The van der Waals surface area contributed by atoms with Crippen molar-refractivity contribution in [2.45, 2.75) is 37.4 Å². The average molecular weight is 344 g/mol. The Kier molecular flexibility index (Phi) is 4.75. The number of carbonyl (C=O) groups excluding carboxylic acids is 1. The van der Waals surface area contributed by atoms with Gasteiger partial charge in [-0.25, -0.2) is 0 Å². The maximum atomic E-state index is 13.2. The van der Waals surface area contributed by atoms with Crippen molar-refractivity contribution in [1.82, 2.24) is 19.7 Å². The molecule has 0 bridgehead atoms. The van der Waals surface area contributed by atoms with Crippen LogP contribution in [0.25, 0.3) is 0 Å². The third-order valence-corrected chi connectivity index (χ3v) is 6.14. The highest BCUT2D eigenvalue weighted by molar-refractivity contribution is 5.87. The van der Waals surface area contributed by atoms with Gasteiger partial charge in [-0.3, -0.25) is 19.6 Å². The molecule has 1 aromatic rings. The Labute approximate surface area is 149 Å². The first-order valence-corrected chi connectivity index (χ1v) is 9.40. The van der Waals surface area contributed by atoms with Crippen molar-refractivity contribution in [3.8, 4) is 0 Å². The lowest BCUT2D eigenvalue weighted by molar-refractivity contribution is -0.149. The van der Waals surface area contributed by atoms with Gasteiger partial charge in [-0.2, -0.15) is 0 Å². The van der Waals surface area contributed by atoms with Crippen molar-refractivity contribution in [3.05, 3.63) is 30.1 Å². The second-order valence-corrected chi connectivity index (χ2v) is 7.61. The summed E-state index contributed by atoms with van der Waals surface area (Å²) in [4.78, 5) is 24.3. The van der Waals surface area contributed by atoms with E-state index in [1.807, 2.05) is 24.2 Å². The monoisotopic (exact) mass is 344 g/mol. The minimum atomic E-state index is -0.374. The van der Waals surface area contributed by atoms with Crippen molar-refractivity contribution in [2.24, 2.45) is 0 Å². The number of aromatic nitrogens is 1. The summed E-state index contributed by atoms with van der Waals surface area (Å²) in [5.74, 6) is 0.289. The third-order valence-electron chi connectivity index (χ3n) is 6.14. The first-order valence-electron chi connectivity index (χ1n) is 9.40. The lowest BCUT2D eigenvalue weighted by atomic mass is 9.91. The van der Waals surface area contributed by atoms with Crippen LogP contribution in [0.3, 0.4) is 0 Å². The Morgan fingerprint density at radius 1 is 1.28 bits per heavy atom. The van der Waals surface area contributed by atoms with E-state index in [1.54, 1.807) is 6.20 Å². The quantitative estimate of drug-likeness (QED) is 0.818. The standard InChI is InChI=1S/C19H28N4O2/c1-21-9-10-23(14-16-3-2-7-20-13-16)19(18(21)24)6-8-22(15-19)17-4-11-25-12-5-17/h2-3,7,13,17H,4-6,8-12,14-15H2,1H3/t19-/m1/s1. The summed E-state index contributed by atoms with van der Waals surface area (Å²) >= 11 is 0. The molecule has 1 atom stereocenters. The zero-order chi connectivity index (χ0) is 17.3. The highest BCUT2D eigenvalue weighted by atomic mass is 16.5. The number of piperazine rings is 1. The summed E-state index contributed by atoms with van der Waals surface area (Å²) in [6, 6.07) is 4.64. The number of hydrogen-bond acceptors (Lipinski definition) is 5. The molecule has 1 spiro atoms. The van der Waals surface area contributed by atoms with Crippen LogP contribution in [-0.2, 0) is 16.1 Å². The Morgan fingerprint density at radius 3 is 2.88 bits per heavy atom. The molecule has 4 rings (SSSR count). The van der Waals surface area contributed by atoms with E-state index in [1.165, 1.54) is 5.56 Å². The van der Waals surface area contributed by atoms with E-state index in [0.717, 1.165) is 65.2 Å². The minimum absolute atomic E-state index is 0.289. The average Bonchev–Trinajstić information content (AvgIpc) is 3.11. The molecule has 0 unspecified atom stereocenters. The first-order chi connectivity index (χ1) is 12.2. The summed E-state index contributed by atoms with van der Waals surface area (Å²) in [5.41, 5.74) is 0.810. The second-order valence-electron chi connectivity index (χ2n) is 7.61. The molecule has 0 radical (unpaired) electrons. The maximum absolute atomic E-state index is 13.2.